The van der Waals surface area contributed by atoms with Crippen LogP contribution in [0.25, 0.3) is 11.3 Å². The third kappa shape index (κ3) is 4.29. The molecule has 0 atom stereocenters. The van der Waals surface area contributed by atoms with Crippen LogP contribution in [0.1, 0.15) is 28.0 Å². The summed E-state index contributed by atoms with van der Waals surface area (Å²) in [5, 5.41) is 3.42. The summed E-state index contributed by atoms with van der Waals surface area (Å²) in [6, 6.07) is 8.76. The molecule has 3 aromatic rings. The molecule has 0 unspecified atom stereocenters. The Balaban J connectivity index is 2.03. The van der Waals surface area contributed by atoms with Crippen LogP contribution in [0.3, 0.4) is 0 Å². The predicted octanol–water partition coefficient (Wildman–Crippen LogP) is 5.39. The van der Waals surface area contributed by atoms with Gasteiger partial charge in [0, 0.05) is 11.6 Å². The van der Waals surface area contributed by atoms with Gasteiger partial charge in [-0.2, -0.15) is 13.2 Å². The van der Waals surface area contributed by atoms with E-state index >= 15 is 0 Å². The van der Waals surface area contributed by atoms with E-state index in [-0.39, 0.29) is 16.2 Å². The molecular weight excluding hydrogens is 405 g/mol. The molecule has 5 nitrogen and oxygen atoms in total. The summed E-state index contributed by atoms with van der Waals surface area (Å²) in [5.41, 5.74) is 3.57. The van der Waals surface area contributed by atoms with Crippen molar-refractivity contribution in [2.75, 3.05) is 4.72 Å². The molecule has 0 saturated heterocycles. The second kappa shape index (κ2) is 7.22. The molecular formula is C20H19F3N2O3S. The molecule has 9 heteroatoms. The number of alkyl halides is 3. The molecule has 1 heterocycles. The second-order valence-electron chi connectivity index (χ2n) is 6.93. The number of anilines is 1. The van der Waals surface area contributed by atoms with Crippen LogP contribution >= 0.6 is 0 Å². The van der Waals surface area contributed by atoms with Crippen molar-refractivity contribution in [3.8, 4) is 11.3 Å². The summed E-state index contributed by atoms with van der Waals surface area (Å²) >= 11 is 0. The Morgan fingerprint density at radius 1 is 0.931 bits per heavy atom. The molecule has 0 bridgehead atoms. The Bertz CT molecular complexity index is 1160. The number of nitrogens with zero attached hydrogens (tertiary/aromatic N) is 1. The summed E-state index contributed by atoms with van der Waals surface area (Å²) in [7, 11) is -3.98. The minimum atomic E-state index is -4.67. The number of aromatic nitrogens is 1. The topological polar surface area (TPSA) is 72.2 Å². The molecule has 29 heavy (non-hydrogen) atoms. The largest absolute Gasteiger partial charge is 0.452 e. The lowest BCUT2D eigenvalue weighted by molar-refractivity contribution is -0.155. The van der Waals surface area contributed by atoms with Crippen LogP contribution in [0.2, 0.25) is 0 Å². The van der Waals surface area contributed by atoms with E-state index in [4.69, 9.17) is 0 Å². The maximum Gasteiger partial charge on any atom is 0.452 e. The fourth-order valence-electron chi connectivity index (χ4n) is 3.12. The van der Waals surface area contributed by atoms with Gasteiger partial charge in [-0.05, 0) is 50.5 Å². The first-order valence-corrected chi connectivity index (χ1v) is 10.1. The number of sulfonamides is 1. The molecule has 0 fully saturated rings. The summed E-state index contributed by atoms with van der Waals surface area (Å²) in [6.07, 6.45) is -4.67. The van der Waals surface area contributed by atoms with Crippen molar-refractivity contribution in [1.29, 1.82) is 0 Å². The van der Waals surface area contributed by atoms with Crippen LogP contribution in [0, 0.1) is 27.7 Å². The highest BCUT2D eigenvalue weighted by Gasteiger charge is 2.36. The van der Waals surface area contributed by atoms with Gasteiger partial charge >= 0.3 is 6.18 Å². The van der Waals surface area contributed by atoms with Gasteiger partial charge in [0.05, 0.1) is 10.6 Å². The highest BCUT2D eigenvalue weighted by atomic mass is 32.2. The predicted molar refractivity (Wildman–Crippen MR) is 103 cm³/mol. The van der Waals surface area contributed by atoms with Gasteiger partial charge in [0.15, 0.2) is 0 Å². The average Bonchev–Trinajstić information content (AvgIpc) is 3.09. The maximum absolute atomic E-state index is 13.0. The fraction of sp³-hybridized carbons (Fsp3) is 0.250. The quantitative estimate of drug-likeness (QED) is 0.609. The Morgan fingerprint density at radius 2 is 1.55 bits per heavy atom. The van der Waals surface area contributed by atoms with E-state index in [2.05, 4.69) is 14.4 Å². The van der Waals surface area contributed by atoms with Crippen molar-refractivity contribution in [3.63, 3.8) is 0 Å². The molecule has 0 aliphatic carbocycles. The Morgan fingerprint density at radius 3 is 2.10 bits per heavy atom. The zero-order valence-electron chi connectivity index (χ0n) is 16.2. The van der Waals surface area contributed by atoms with Crippen molar-refractivity contribution in [2.45, 2.75) is 38.8 Å². The van der Waals surface area contributed by atoms with E-state index in [9.17, 15) is 21.6 Å². The Hall–Kier alpha value is -2.81. The molecule has 1 aromatic heterocycles. The average molecular weight is 424 g/mol. The van der Waals surface area contributed by atoms with Gasteiger partial charge in [-0.25, -0.2) is 8.42 Å². The van der Waals surface area contributed by atoms with Gasteiger partial charge in [-0.1, -0.05) is 35.0 Å². The first kappa shape index (κ1) is 20.9. The Labute approximate surface area is 166 Å². The number of benzene rings is 2. The lowest BCUT2D eigenvalue weighted by atomic mass is 10.1. The molecule has 0 radical (unpaired) electrons. The van der Waals surface area contributed by atoms with Gasteiger partial charge in [0.1, 0.15) is 5.69 Å². The number of halogens is 3. The van der Waals surface area contributed by atoms with Crippen LogP contribution in [-0.2, 0) is 16.2 Å². The molecule has 154 valence electrons. The number of aryl methyl sites for hydroxylation is 4. The van der Waals surface area contributed by atoms with Gasteiger partial charge in [0.25, 0.3) is 10.0 Å². The van der Waals surface area contributed by atoms with E-state index in [1.165, 1.54) is 18.2 Å². The summed E-state index contributed by atoms with van der Waals surface area (Å²) in [6.45, 7) is 7.13. The van der Waals surface area contributed by atoms with Crippen LogP contribution < -0.4 is 4.72 Å². The lowest BCUT2D eigenvalue weighted by Crippen LogP contribution is -2.16. The normalized spacial score (nSPS) is 12.2. The van der Waals surface area contributed by atoms with E-state index in [1.807, 2.05) is 19.1 Å². The summed E-state index contributed by atoms with van der Waals surface area (Å²) in [4.78, 5) is -0.0501. The standard InChI is InChI=1S/C20H19F3N2O3S/c1-11-7-13(3)19(14(4)8-11)25-29(26,27)17-9-15(6-5-12(17)2)16-10-18(28-24-16)20(21,22)23/h5-10,25H,1-4H3. The van der Waals surface area contributed by atoms with Crippen molar-refractivity contribution < 1.29 is 26.1 Å². The fourth-order valence-corrected chi connectivity index (χ4v) is 4.60. The molecule has 2 aromatic carbocycles. The highest BCUT2D eigenvalue weighted by molar-refractivity contribution is 7.92. The van der Waals surface area contributed by atoms with Crippen molar-refractivity contribution in [3.05, 3.63) is 64.4 Å². The number of rotatable bonds is 4. The van der Waals surface area contributed by atoms with Crippen molar-refractivity contribution in [2.24, 2.45) is 0 Å². The zero-order valence-corrected chi connectivity index (χ0v) is 17.0. The van der Waals surface area contributed by atoms with Crippen LogP contribution in [-0.4, -0.2) is 13.6 Å². The molecule has 0 aliphatic rings. The van der Waals surface area contributed by atoms with Gasteiger partial charge in [-0.3, -0.25) is 4.72 Å². The van der Waals surface area contributed by atoms with E-state index < -0.39 is 22.0 Å². The van der Waals surface area contributed by atoms with Crippen LogP contribution in [0.15, 0.2) is 45.8 Å². The third-order valence-corrected chi connectivity index (χ3v) is 5.97. The van der Waals surface area contributed by atoms with Crippen molar-refractivity contribution in [1.82, 2.24) is 5.16 Å². The smallest absolute Gasteiger partial charge is 0.351 e. The minimum Gasteiger partial charge on any atom is -0.351 e. The van der Waals surface area contributed by atoms with Gasteiger partial charge < -0.3 is 4.52 Å². The maximum atomic E-state index is 13.0. The van der Waals surface area contributed by atoms with E-state index in [0.29, 0.717) is 11.3 Å². The number of hydrogen-bond acceptors (Lipinski definition) is 4. The summed E-state index contributed by atoms with van der Waals surface area (Å²) < 4.78 is 71.3. The minimum absolute atomic E-state index is 0.0501. The molecule has 0 amide bonds. The first-order chi connectivity index (χ1) is 13.4. The monoisotopic (exact) mass is 424 g/mol. The molecule has 0 spiro atoms. The van der Waals surface area contributed by atoms with Crippen molar-refractivity contribution >= 4 is 15.7 Å². The molecule has 0 saturated carbocycles. The van der Waals surface area contributed by atoms with E-state index in [0.717, 1.165) is 22.8 Å². The summed E-state index contributed by atoms with van der Waals surface area (Å²) in [5.74, 6) is -1.25. The SMILES string of the molecule is Cc1cc(C)c(NS(=O)(=O)c2cc(-c3cc(C(F)(F)F)on3)ccc2C)c(C)c1. The van der Waals surface area contributed by atoms with Crippen LogP contribution in [0.4, 0.5) is 18.9 Å². The van der Waals surface area contributed by atoms with E-state index in [1.54, 1.807) is 20.8 Å². The third-order valence-electron chi connectivity index (χ3n) is 4.48. The Kier molecular flexibility index (Phi) is 5.20. The highest BCUT2D eigenvalue weighted by Crippen LogP contribution is 2.33. The van der Waals surface area contributed by atoms with Crippen LogP contribution in [0.5, 0.6) is 0 Å². The number of nitrogens with one attached hydrogen (secondary N) is 1. The lowest BCUT2D eigenvalue weighted by Gasteiger charge is -2.16. The molecule has 3 rings (SSSR count). The molecule has 1 N–H and O–H groups in total. The first-order valence-electron chi connectivity index (χ1n) is 8.64. The van der Waals surface area contributed by atoms with Gasteiger partial charge in [0.2, 0.25) is 5.76 Å². The molecule has 0 aliphatic heterocycles. The zero-order chi connectivity index (χ0) is 21.6. The van der Waals surface area contributed by atoms with Gasteiger partial charge in [-0.15, -0.1) is 0 Å². The second-order valence-corrected chi connectivity index (χ2v) is 8.58. The number of hydrogen-bond donors (Lipinski definition) is 1.